The van der Waals surface area contributed by atoms with Crippen LogP contribution in [0.4, 0.5) is 11.4 Å². The Morgan fingerprint density at radius 3 is 2.28 bits per heavy atom. The van der Waals surface area contributed by atoms with Crippen LogP contribution in [0.2, 0.25) is 0 Å². The summed E-state index contributed by atoms with van der Waals surface area (Å²) in [5, 5.41) is 2.75. The first kappa shape index (κ1) is 21.2. The van der Waals surface area contributed by atoms with Gasteiger partial charge in [0.2, 0.25) is 5.91 Å². The average Bonchev–Trinajstić information content (AvgIpc) is 2.94. The molecule has 0 fully saturated rings. The first-order valence-electron chi connectivity index (χ1n) is 10.1. The molecular weight excluding hydrogens is 414 g/mol. The van der Waals surface area contributed by atoms with Crippen molar-refractivity contribution >= 4 is 41.0 Å². The number of nitrogens with zero attached hydrogens (tertiary/aromatic N) is 2. The number of anilines is 2. The van der Waals surface area contributed by atoms with Gasteiger partial charge in [-0.05, 0) is 38.1 Å². The highest BCUT2D eigenvalue weighted by Gasteiger charge is 2.41. The number of ether oxygens (including phenoxy) is 1. The highest BCUT2D eigenvalue weighted by atomic mass is 16.5. The molecule has 2 unspecified atom stereocenters. The van der Waals surface area contributed by atoms with Crippen LogP contribution in [0.3, 0.4) is 0 Å². The Labute approximate surface area is 183 Å². The van der Waals surface area contributed by atoms with Crippen molar-refractivity contribution in [3.8, 4) is 0 Å². The number of hydrogen-bond acceptors (Lipinski definition) is 6. The molecule has 4 amide bonds. The minimum atomic E-state index is -1.20. The zero-order chi connectivity index (χ0) is 23.0. The van der Waals surface area contributed by atoms with Gasteiger partial charge in [-0.1, -0.05) is 24.3 Å². The number of hydrogen-bond donors (Lipinski definition) is 1. The largest absolute Gasteiger partial charge is 0.454 e. The molecule has 2 atom stereocenters. The Bertz CT molecular complexity index is 1110. The maximum Gasteiger partial charge on any atom is 0.329 e. The first-order chi connectivity index (χ1) is 15.3. The molecule has 2 heterocycles. The van der Waals surface area contributed by atoms with Gasteiger partial charge in [-0.25, -0.2) is 4.79 Å². The number of esters is 1. The summed E-state index contributed by atoms with van der Waals surface area (Å²) < 4.78 is 5.18. The molecular formula is C23H21N3O6. The van der Waals surface area contributed by atoms with Gasteiger partial charge in [-0.2, -0.15) is 0 Å². The number of imide groups is 1. The van der Waals surface area contributed by atoms with Gasteiger partial charge < -0.3 is 15.0 Å². The van der Waals surface area contributed by atoms with Gasteiger partial charge in [0.25, 0.3) is 17.7 Å². The number of fused-ring (bicyclic) bond motifs is 2. The van der Waals surface area contributed by atoms with Crippen LogP contribution in [-0.2, 0) is 19.1 Å². The van der Waals surface area contributed by atoms with E-state index < -0.39 is 42.4 Å². The van der Waals surface area contributed by atoms with E-state index in [-0.39, 0.29) is 23.5 Å². The van der Waals surface area contributed by atoms with Gasteiger partial charge in [0.15, 0.2) is 6.61 Å². The fraction of sp³-hybridized carbons (Fsp3) is 0.261. The molecule has 2 aliphatic heterocycles. The fourth-order valence-corrected chi connectivity index (χ4v) is 3.96. The van der Waals surface area contributed by atoms with E-state index in [9.17, 15) is 24.0 Å². The number of benzene rings is 2. The molecule has 9 heteroatoms. The molecule has 0 aromatic heterocycles. The van der Waals surface area contributed by atoms with Crippen LogP contribution in [0.1, 0.15) is 41.0 Å². The summed E-state index contributed by atoms with van der Waals surface area (Å²) in [4.78, 5) is 65.0. The van der Waals surface area contributed by atoms with Crippen molar-refractivity contribution < 1.29 is 28.7 Å². The molecule has 164 valence electrons. The van der Waals surface area contributed by atoms with Crippen molar-refractivity contribution in [2.24, 2.45) is 0 Å². The number of para-hydroxylation sites is 2. The van der Waals surface area contributed by atoms with Gasteiger partial charge >= 0.3 is 5.97 Å². The van der Waals surface area contributed by atoms with E-state index >= 15 is 0 Å². The Hall–Kier alpha value is -4.01. The highest BCUT2D eigenvalue weighted by Crippen LogP contribution is 2.31. The van der Waals surface area contributed by atoms with Gasteiger partial charge in [-0.15, -0.1) is 0 Å². The monoisotopic (exact) mass is 435 g/mol. The Kier molecular flexibility index (Phi) is 5.48. The van der Waals surface area contributed by atoms with Gasteiger partial charge in [0, 0.05) is 12.5 Å². The van der Waals surface area contributed by atoms with E-state index in [4.69, 9.17) is 4.74 Å². The predicted octanol–water partition coefficient (Wildman–Crippen LogP) is 1.98. The summed E-state index contributed by atoms with van der Waals surface area (Å²) in [5.41, 5.74) is 1.43. The van der Waals surface area contributed by atoms with Crippen molar-refractivity contribution in [2.75, 3.05) is 16.8 Å². The molecule has 0 saturated carbocycles. The number of amides is 4. The molecule has 2 aliphatic rings. The molecule has 0 radical (unpaired) electrons. The van der Waals surface area contributed by atoms with Crippen molar-refractivity contribution in [1.29, 1.82) is 0 Å². The van der Waals surface area contributed by atoms with Crippen LogP contribution >= 0.6 is 0 Å². The molecule has 1 N–H and O–H groups in total. The quantitative estimate of drug-likeness (QED) is 0.580. The summed E-state index contributed by atoms with van der Waals surface area (Å²) in [5.74, 6) is -2.79. The number of nitrogens with one attached hydrogen (secondary N) is 1. The Morgan fingerprint density at radius 1 is 1.03 bits per heavy atom. The van der Waals surface area contributed by atoms with E-state index in [1.165, 1.54) is 24.0 Å². The average molecular weight is 435 g/mol. The third-order valence-electron chi connectivity index (χ3n) is 5.52. The first-order valence-corrected chi connectivity index (χ1v) is 10.1. The van der Waals surface area contributed by atoms with Crippen LogP contribution in [0.25, 0.3) is 0 Å². The minimum Gasteiger partial charge on any atom is -0.454 e. The molecule has 32 heavy (non-hydrogen) atoms. The number of rotatable bonds is 4. The van der Waals surface area contributed by atoms with E-state index in [2.05, 4.69) is 5.32 Å². The maximum absolute atomic E-state index is 12.9. The summed E-state index contributed by atoms with van der Waals surface area (Å²) in [7, 11) is 0. The van der Waals surface area contributed by atoms with E-state index in [1.54, 1.807) is 43.3 Å². The lowest BCUT2D eigenvalue weighted by Gasteiger charge is -2.28. The van der Waals surface area contributed by atoms with Crippen LogP contribution in [0, 0.1) is 0 Å². The SMILES string of the molecule is CC(C(=O)OCC(=O)N1c2ccccc2NC(=O)CC1C)N1C(=O)c2ccccc2C1=O. The van der Waals surface area contributed by atoms with E-state index in [0.717, 1.165) is 4.90 Å². The molecule has 2 aromatic carbocycles. The topological polar surface area (TPSA) is 113 Å². The molecule has 0 spiro atoms. The lowest BCUT2D eigenvalue weighted by Crippen LogP contribution is -2.46. The van der Waals surface area contributed by atoms with Crippen LogP contribution in [-0.4, -0.2) is 53.2 Å². The lowest BCUT2D eigenvalue weighted by molar-refractivity contribution is -0.151. The van der Waals surface area contributed by atoms with Crippen molar-refractivity contribution in [3.63, 3.8) is 0 Å². The Morgan fingerprint density at radius 2 is 1.62 bits per heavy atom. The summed E-state index contributed by atoms with van der Waals surface area (Å²) in [6, 6.07) is 11.5. The molecule has 0 aliphatic carbocycles. The predicted molar refractivity (Wildman–Crippen MR) is 114 cm³/mol. The summed E-state index contributed by atoms with van der Waals surface area (Å²) >= 11 is 0. The second-order valence-corrected chi connectivity index (χ2v) is 7.69. The molecule has 2 aromatic rings. The van der Waals surface area contributed by atoms with Crippen LogP contribution in [0.15, 0.2) is 48.5 Å². The normalized spacial score (nSPS) is 18.4. The standard InChI is InChI=1S/C23H21N3O6/c1-13-11-19(27)24-17-9-5-6-10-18(17)25(13)20(28)12-32-23(31)14(2)26-21(29)15-7-3-4-8-16(15)22(26)30/h3-10,13-14H,11-12H2,1-2H3,(H,24,27). The Balaban J connectivity index is 1.46. The van der Waals surface area contributed by atoms with Gasteiger partial charge in [0.05, 0.1) is 22.5 Å². The van der Waals surface area contributed by atoms with Gasteiger partial charge in [0.1, 0.15) is 6.04 Å². The van der Waals surface area contributed by atoms with Crippen molar-refractivity contribution in [1.82, 2.24) is 4.90 Å². The van der Waals surface area contributed by atoms with Gasteiger partial charge in [-0.3, -0.25) is 24.1 Å². The molecule has 4 rings (SSSR count). The summed E-state index contributed by atoms with van der Waals surface area (Å²) in [6.45, 7) is 2.50. The van der Waals surface area contributed by atoms with E-state index in [1.807, 2.05) is 0 Å². The number of carbonyl (C=O) groups excluding carboxylic acids is 5. The minimum absolute atomic E-state index is 0.0831. The highest BCUT2D eigenvalue weighted by molar-refractivity contribution is 6.22. The number of carbonyl (C=O) groups is 5. The van der Waals surface area contributed by atoms with Crippen LogP contribution < -0.4 is 10.2 Å². The second kappa shape index (κ2) is 8.26. The summed E-state index contributed by atoms with van der Waals surface area (Å²) in [6.07, 6.45) is 0.0831. The molecule has 0 bridgehead atoms. The lowest BCUT2D eigenvalue weighted by atomic mass is 10.1. The third-order valence-corrected chi connectivity index (χ3v) is 5.52. The second-order valence-electron chi connectivity index (χ2n) is 7.69. The zero-order valence-corrected chi connectivity index (χ0v) is 17.5. The third kappa shape index (κ3) is 3.62. The smallest absolute Gasteiger partial charge is 0.329 e. The fourth-order valence-electron chi connectivity index (χ4n) is 3.96. The maximum atomic E-state index is 12.9. The van der Waals surface area contributed by atoms with E-state index in [0.29, 0.717) is 11.4 Å². The van der Waals surface area contributed by atoms with Crippen molar-refractivity contribution in [3.05, 3.63) is 59.7 Å². The van der Waals surface area contributed by atoms with Crippen molar-refractivity contribution in [2.45, 2.75) is 32.4 Å². The van der Waals surface area contributed by atoms with Crippen LogP contribution in [0.5, 0.6) is 0 Å². The molecule has 0 saturated heterocycles. The molecule has 9 nitrogen and oxygen atoms in total. The zero-order valence-electron chi connectivity index (χ0n) is 17.5.